The molecule has 1 nitrogen and oxygen atoms in total. The number of benzene rings is 1. The van der Waals surface area contributed by atoms with Gasteiger partial charge < -0.3 is 5.32 Å². The van der Waals surface area contributed by atoms with Gasteiger partial charge in [0, 0.05) is 6.04 Å². The van der Waals surface area contributed by atoms with Crippen molar-refractivity contribution >= 4 is 0 Å². The van der Waals surface area contributed by atoms with Gasteiger partial charge in [0.1, 0.15) is 5.82 Å². The first kappa shape index (κ1) is 10.9. The maximum Gasteiger partial charge on any atom is 0.123 e. The van der Waals surface area contributed by atoms with Crippen LogP contribution in [0.25, 0.3) is 0 Å². The number of nitrogens with one attached hydrogen (secondary N) is 1. The lowest BCUT2D eigenvalue weighted by Crippen LogP contribution is -2.26. The zero-order valence-corrected chi connectivity index (χ0v) is 8.46. The highest BCUT2D eigenvalue weighted by atomic mass is 19.1. The molecule has 0 aliphatic carbocycles. The Hall–Kier alpha value is -1.15. The summed E-state index contributed by atoms with van der Waals surface area (Å²) in [6, 6.07) is 7.02. The molecule has 2 heteroatoms. The Labute approximate surface area is 84.6 Å². The Kier molecular flexibility index (Phi) is 4.33. The first-order valence-corrected chi connectivity index (χ1v) is 4.79. The lowest BCUT2D eigenvalue weighted by molar-refractivity contribution is 0.565. The van der Waals surface area contributed by atoms with Crippen molar-refractivity contribution in [2.45, 2.75) is 18.9 Å². The highest BCUT2D eigenvalue weighted by Gasteiger charge is 2.04. The van der Waals surface area contributed by atoms with Crippen LogP contribution < -0.4 is 5.32 Å². The van der Waals surface area contributed by atoms with E-state index < -0.39 is 0 Å². The van der Waals surface area contributed by atoms with Crippen molar-refractivity contribution in [3.63, 3.8) is 0 Å². The third-order valence-corrected chi connectivity index (χ3v) is 2.25. The predicted molar refractivity (Wildman–Crippen MR) is 57.8 cm³/mol. The highest BCUT2D eigenvalue weighted by molar-refractivity contribution is 5.17. The van der Waals surface area contributed by atoms with E-state index in [1.165, 1.54) is 12.1 Å². The minimum Gasteiger partial charge on any atom is -0.316 e. The van der Waals surface area contributed by atoms with Crippen molar-refractivity contribution in [2.75, 3.05) is 7.05 Å². The monoisotopic (exact) mass is 193 g/mol. The molecular weight excluding hydrogens is 177 g/mol. The molecule has 0 heterocycles. The number of rotatable bonds is 5. The molecule has 1 unspecified atom stereocenters. The van der Waals surface area contributed by atoms with E-state index in [1.54, 1.807) is 0 Å². The summed E-state index contributed by atoms with van der Waals surface area (Å²) in [5.41, 5.74) is 1.15. The molecule has 0 aromatic heterocycles. The molecule has 0 saturated heterocycles. The fourth-order valence-corrected chi connectivity index (χ4v) is 1.41. The Morgan fingerprint density at radius 2 is 2.07 bits per heavy atom. The Balaban J connectivity index is 2.57. The topological polar surface area (TPSA) is 12.0 Å². The van der Waals surface area contributed by atoms with Crippen molar-refractivity contribution in [3.8, 4) is 0 Å². The van der Waals surface area contributed by atoms with E-state index in [1.807, 2.05) is 25.3 Å². The summed E-state index contributed by atoms with van der Waals surface area (Å²) in [4.78, 5) is 0. The van der Waals surface area contributed by atoms with E-state index in [4.69, 9.17) is 0 Å². The Morgan fingerprint density at radius 1 is 1.43 bits per heavy atom. The molecule has 0 fully saturated rings. The summed E-state index contributed by atoms with van der Waals surface area (Å²) in [5.74, 6) is -0.182. The Bertz CT molecular complexity index is 279. The number of hydrogen-bond acceptors (Lipinski definition) is 1. The normalized spacial score (nSPS) is 12.4. The fourth-order valence-electron chi connectivity index (χ4n) is 1.41. The highest BCUT2D eigenvalue weighted by Crippen LogP contribution is 2.07. The molecular formula is C12H16FN. The number of halogens is 1. The molecule has 14 heavy (non-hydrogen) atoms. The molecule has 0 radical (unpaired) electrons. The van der Waals surface area contributed by atoms with Gasteiger partial charge in [-0.05, 0) is 37.6 Å². The van der Waals surface area contributed by atoms with Crippen LogP contribution in [0.4, 0.5) is 4.39 Å². The summed E-state index contributed by atoms with van der Waals surface area (Å²) in [5, 5.41) is 3.20. The molecule has 0 saturated carbocycles. The van der Waals surface area contributed by atoms with Crippen LogP contribution in [0.3, 0.4) is 0 Å². The van der Waals surface area contributed by atoms with Crippen LogP contribution in [-0.4, -0.2) is 13.1 Å². The molecule has 1 N–H and O–H groups in total. The van der Waals surface area contributed by atoms with Crippen molar-refractivity contribution in [1.29, 1.82) is 0 Å². The van der Waals surface area contributed by atoms with E-state index in [0.29, 0.717) is 6.04 Å². The smallest absolute Gasteiger partial charge is 0.123 e. The molecule has 1 aromatic carbocycles. The van der Waals surface area contributed by atoms with Gasteiger partial charge in [-0.3, -0.25) is 0 Å². The van der Waals surface area contributed by atoms with Crippen molar-refractivity contribution < 1.29 is 4.39 Å². The maximum atomic E-state index is 12.6. The second-order valence-corrected chi connectivity index (χ2v) is 3.34. The van der Waals surface area contributed by atoms with Crippen molar-refractivity contribution in [1.82, 2.24) is 5.32 Å². The predicted octanol–water partition coefficient (Wildman–Crippen LogP) is 2.53. The fraction of sp³-hybridized carbons (Fsp3) is 0.333. The van der Waals surface area contributed by atoms with Crippen LogP contribution in [-0.2, 0) is 6.42 Å². The molecule has 0 aliphatic rings. The second-order valence-electron chi connectivity index (χ2n) is 3.34. The van der Waals surface area contributed by atoms with Crippen LogP contribution >= 0.6 is 0 Å². The third-order valence-electron chi connectivity index (χ3n) is 2.25. The second kappa shape index (κ2) is 5.55. The van der Waals surface area contributed by atoms with Crippen LogP contribution in [0.15, 0.2) is 36.9 Å². The summed E-state index contributed by atoms with van der Waals surface area (Å²) < 4.78 is 12.6. The minimum atomic E-state index is -0.182. The molecule has 0 spiro atoms. The number of hydrogen-bond donors (Lipinski definition) is 1. The molecule has 1 rings (SSSR count). The van der Waals surface area contributed by atoms with Crippen LogP contribution in [0, 0.1) is 5.82 Å². The largest absolute Gasteiger partial charge is 0.316 e. The van der Waals surface area contributed by atoms with Crippen LogP contribution in [0.1, 0.15) is 12.0 Å². The van der Waals surface area contributed by atoms with Gasteiger partial charge in [0.15, 0.2) is 0 Å². The van der Waals surface area contributed by atoms with E-state index in [2.05, 4.69) is 11.9 Å². The lowest BCUT2D eigenvalue weighted by Gasteiger charge is -2.13. The quantitative estimate of drug-likeness (QED) is 0.708. The molecule has 0 bridgehead atoms. The summed E-state index contributed by atoms with van der Waals surface area (Å²) in [6.45, 7) is 3.70. The average Bonchev–Trinajstić information content (AvgIpc) is 2.20. The van der Waals surface area contributed by atoms with Crippen LogP contribution in [0.2, 0.25) is 0 Å². The maximum absolute atomic E-state index is 12.6. The number of likely N-dealkylation sites (N-methyl/N-ethyl adjacent to an activating group) is 1. The zero-order chi connectivity index (χ0) is 10.4. The van der Waals surface area contributed by atoms with Gasteiger partial charge in [0.05, 0.1) is 0 Å². The average molecular weight is 193 g/mol. The molecule has 1 aromatic rings. The van der Waals surface area contributed by atoms with E-state index in [0.717, 1.165) is 18.4 Å². The molecule has 76 valence electrons. The van der Waals surface area contributed by atoms with Gasteiger partial charge in [0.25, 0.3) is 0 Å². The lowest BCUT2D eigenvalue weighted by atomic mass is 10.0. The molecule has 1 atom stereocenters. The summed E-state index contributed by atoms with van der Waals surface area (Å²) >= 11 is 0. The standard InChI is InChI=1S/C12H16FN/c1-3-4-12(14-2)9-10-5-7-11(13)8-6-10/h3,5-8,12,14H,1,4,9H2,2H3. The SMILES string of the molecule is C=CCC(Cc1ccc(F)cc1)NC. The van der Waals surface area contributed by atoms with E-state index in [9.17, 15) is 4.39 Å². The van der Waals surface area contributed by atoms with E-state index in [-0.39, 0.29) is 5.82 Å². The molecule has 0 aliphatic heterocycles. The summed E-state index contributed by atoms with van der Waals surface area (Å²) in [6.07, 6.45) is 3.72. The van der Waals surface area contributed by atoms with E-state index >= 15 is 0 Å². The van der Waals surface area contributed by atoms with Gasteiger partial charge in [-0.25, -0.2) is 4.39 Å². The third kappa shape index (κ3) is 3.30. The first-order valence-electron chi connectivity index (χ1n) is 4.79. The first-order chi connectivity index (χ1) is 6.76. The zero-order valence-electron chi connectivity index (χ0n) is 8.46. The minimum absolute atomic E-state index is 0.182. The van der Waals surface area contributed by atoms with Crippen molar-refractivity contribution in [2.24, 2.45) is 0 Å². The Morgan fingerprint density at radius 3 is 2.57 bits per heavy atom. The van der Waals surface area contributed by atoms with Gasteiger partial charge in [-0.2, -0.15) is 0 Å². The van der Waals surface area contributed by atoms with Gasteiger partial charge in [0.2, 0.25) is 0 Å². The van der Waals surface area contributed by atoms with Gasteiger partial charge in [-0.15, -0.1) is 6.58 Å². The van der Waals surface area contributed by atoms with Crippen molar-refractivity contribution in [3.05, 3.63) is 48.3 Å². The molecule has 0 amide bonds. The van der Waals surface area contributed by atoms with Gasteiger partial charge >= 0.3 is 0 Å². The van der Waals surface area contributed by atoms with Crippen LogP contribution in [0.5, 0.6) is 0 Å². The van der Waals surface area contributed by atoms with Gasteiger partial charge in [-0.1, -0.05) is 18.2 Å². The summed E-state index contributed by atoms with van der Waals surface area (Å²) in [7, 11) is 1.93.